The Morgan fingerprint density at radius 2 is 1.68 bits per heavy atom. The summed E-state index contributed by atoms with van der Waals surface area (Å²) in [5.74, 6) is -3.53. The van der Waals surface area contributed by atoms with E-state index in [0.29, 0.717) is 24.8 Å². The van der Waals surface area contributed by atoms with Crippen LogP contribution in [0.25, 0.3) is 11.1 Å². The molecule has 8 heteroatoms. The van der Waals surface area contributed by atoms with Crippen LogP contribution >= 0.6 is 0 Å². The van der Waals surface area contributed by atoms with Gasteiger partial charge in [-0.1, -0.05) is 42.5 Å². The fourth-order valence-corrected chi connectivity index (χ4v) is 4.81. The van der Waals surface area contributed by atoms with E-state index in [1.807, 2.05) is 42.5 Å². The van der Waals surface area contributed by atoms with Gasteiger partial charge >= 0.3 is 5.97 Å². The lowest BCUT2D eigenvalue weighted by molar-refractivity contribution is -0.150. The highest BCUT2D eigenvalue weighted by atomic mass is 16.4. The number of rotatable bonds is 6. The number of piperidine rings is 1. The van der Waals surface area contributed by atoms with Gasteiger partial charge in [-0.3, -0.25) is 19.2 Å². The molecule has 8 nitrogen and oxygen atoms in total. The Morgan fingerprint density at radius 1 is 1.00 bits per heavy atom. The third kappa shape index (κ3) is 5.17. The average Bonchev–Trinajstić information content (AvgIpc) is 2.85. The van der Waals surface area contributed by atoms with Crippen LogP contribution in [-0.4, -0.2) is 53.3 Å². The van der Waals surface area contributed by atoms with Gasteiger partial charge in [0.05, 0.1) is 0 Å². The predicted molar refractivity (Wildman–Crippen MR) is 126 cm³/mol. The molecule has 0 bridgehead atoms. The summed E-state index contributed by atoms with van der Waals surface area (Å²) in [6.45, 7) is 1.77. The maximum atomic E-state index is 12.7. The van der Waals surface area contributed by atoms with Crippen molar-refractivity contribution in [2.24, 2.45) is 11.8 Å². The maximum absolute atomic E-state index is 12.7. The zero-order valence-electron chi connectivity index (χ0n) is 19.0. The van der Waals surface area contributed by atoms with Crippen molar-refractivity contribution in [3.63, 3.8) is 0 Å². The van der Waals surface area contributed by atoms with E-state index in [2.05, 4.69) is 16.0 Å². The number of benzene rings is 2. The third-order valence-corrected chi connectivity index (χ3v) is 6.78. The van der Waals surface area contributed by atoms with Gasteiger partial charge in [-0.05, 0) is 49.4 Å². The molecule has 2 amide bonds. The summed E-state index contributed by atoms with van der Waals surface area (Å²) in [4.78, 5) is 49.3. The second-order valence-electron chi connectivity index (χ2n) is 9.07. The lowest BCUT2D eigenvalue weighted by atomic mass is 9.73. The normalized spacial score (nSPS) is 25.0. The van der Waals surface area contributed by atoms with Crippen LogP contribution < -0.4 is 16.0 Å². The van der Waals surface area contributed by atoms with Gasteiger partial charge in [-0.2, -0.15) is 0 Å². The molecule has 1 aliphatic carbocycles. The number of fused-ring (bicyclic) bond motifs is 1. The molecule has 1 saturated heterocycles. The number of amides is 2. The molecular weight excluding hydrogens is 434 g/mol. The van der Waals surface area contributed by atoms with Crippen LogP contribution in [0.2, 0.25) is 0 Å². The highest BCUT2D eigenvalue weighted by Gasteiger charge is 2.44. The Balaban J connectivity index is 1.31. The van der Waals surface area contributed by atoms with Crippen LogP contribution in [-0.2, 0) is 14.4 Å². The van der Waals surface area contributed by atoms with Gasteiger partial charge in [0.2, 0.25) is 5.91 Å². The first-order valence-corrected chi connectivity index (χ1v) is 11.6. The molecule has 1 heterocycles. The molecule has 1 saturated carbocycles. The number of carbonyl (C=O) groups is 4. The summed E-state index contributed by atoms with van der Waals surface area (Å²) in [6, 6.07) is 16.0. The molecule has 4 N–H and O–H groups in total. The van der Waals surface area contributed by atoms with Gasteiger partial charge in [0.25, 0.3) is 5.91 Å². The molecule has 2 aliphatic rings. The van der Waals surface area contributed by atoms with Crippen molar-refractivity contribution in [3.8, 4) is 11.1 Å². The van der Waals surface area contributed by atoms with Crippen molar-refractivity contribution in [3.05, 3.63) is 60.2 Å². The van der Waals surface area contributed by atoms with Crippen LogP contribution in [0.5, 0.6) is 0 Å². The third-order valence-electron chi connectivity index (χ3n) is 6.78. The van der Waals surface area contributed by atoms with Crippen molar-refractivity contribution in [2.45, 2.75) is 44.3 Å². The smallest absolute Gasteiger partial charge is 0.315 e. The topological polar surface area (TPSA) is 125 Å². The minimum Gasteiger partial charge on any atom is -0.481 e. The Hall–Kier alpha value is -3.52. The van der Waals surface area contributed by atoms with E-state index in [-0.39, 0.29) is 36.2 Å². The number of aliphatic carboxylic acids is 1. The standard InChI is InChI=1S/C26H29N3O5/c1-15(28-25(32)18-9-7-17(8-10-18)16-5-3-2-4-6-16)24(31)29-19-11-12-22-20(13-19)23(30)21(14-27-22)26(33)34/h2-10,15,19-22,27H,11-14H2,1H3,(H,28,32)(H,29,31)(H,33,34)/t15-,19?,20?,21?,22?/m1/s1. The van der Waals surface area contributed by atoms with Gasteiger partial charge in [-0.15, -0.1) is 0 Å². The summed E-state index contributed by atoms with van der Waals surface area (Å²) in [5, 5.41) is 18.1. The van der Waals surface area contributed by atoms with E-state index in [0.717, 1.165) is 11.1 Å². The Bertz CT molecular complexity index is 1070. The van der Waals surface area contributed by atoms with Gasteiger partial charge in [0, 0.05) is 30.1 Å². The van der Waals surface area contributed by atoms with E-state index in [9.17, 15) is 24.3 Å². The molecular formula is C26H29N3O5. The minimum absolute atomic E-state index is 0.0489. The molecule has 4 rings (SSSR count). The summed E-state index contributed by atoms with van der Waals surface area (Å²) < 4.78 is 0. The van der Waals surface area contributed by atoms with Crippen LogP contribution in [0.15, 0.2) is 54.6 Å². The molecule has 34 heavy (non-hydrogen) atoms. The van der Waals surface area contributed by atoms with Gasteiger partial charge in [0.1, 0.15) is 12.0 Å². The number of nitrogens with one attached hydrogen (secondary N) is 3. The molecule has 2 aromatic rings. The number of hydrogen-bond acceptors (Lipinski definition) is 5. The Labute approximate surface area is 198 Å². The highest BCUT2D eigenvalue weighted by Crippen LogP contribution is 2.31. The fourth-order valence-electron chi connectivity index (χ4n) is 4.81. The first-order chi connectivity index (χ1) is 16.3. The second-order valence-corrected chi connectivity index (χ2v) is 9.07. The molecule has 5 atom stereocenters. The van der Waals surface area contributed by atoms with E-state index in [4.69, 9.17) is 0 Å². The molecule has 0 aromatic heterocycles. The van der Waals surface area contributed by atoms with E-state index < -0.39 is 23.8 Å². The second kappa shape index (κ2) is 10.2. The van der Waals surface area contributed by atoms with Crippen molar-refractivity contribution < 1.29 is 24.3 Å². The average molecular weight is 464 g/mol. The Morgan fingerprint density at radius 3 is 2.35 bits per heavy atom. The summed E-state index contributed by atoms with van der Waals surface area (Å²) in [5.41, 5.74) is 2.51. The summed E-state index contributed by atoms with van der Waals surface area (Å²) in [7, 11) is 0. The number of carboxylic acid groups (broad SMARTS) is 1. The largest absolute Gasteiger partial charge is 0.481 e. The van der Waals surface area contributed by atoms with Gasteiger partial charge < -0.3 is 21.1 Å². The number of ketones is 1. The number of hydrogen-bond donors (Lipinski definition) is 4. The molecule has 0 spiro atoms. The summed E-state index contributed by atoms with van der Waals surface area (Å²) >= 11 is 0. The van der Waals surface area contributed by atoms with E-state index in [1.54, 1.807) is 19.1 Å². The lowest BCUT2D eigenvalue weighted by Crippen LogP contribution is -2.58. The van der Waals surface area contributed by atoms with Crippen LogP contribution in [0.3, 0.4) is 0 Å². The fraction of sp³-hybridized carbons (Fsp3) is 0.385. The number of carbonyl (C=O) groups excluding carboxylic acids is 3. The van der Waals surface area contributed by atoms with E-state index in [1.165, 1.54) is 0 Å². The van der Waals surface area contributed by atoms with Gasteiger partial charge in [0.15, 0.2) is 5.78 Å². The monoisotopic (exact) mass is 463 g/mol. The van der Waals surface area contributed by atoms with Crippen LogP contribution in [0, 0.1) is 11.8 Å². The van der Waals surface area contributed by atoms with Crippen LogP contribution in [0.1, 0.15) is 36.5 Å². The molecule has 1 aliphatic heterocycles. The van der Waals surface area contributed by atoms with E-state index >= 15 is 0 Å². The lowest BCUT2D eigenvalue weighted by Gasteiger charge is -2.41. The molecule has 178 valence electrons. The maximum Gasteiger partial charge on any atom is 0.315 e. The first kappa shape index (κ1) is 23.6. The number of Topliss-reactive ketones (excluding diaryl/α,β-unsaturated/α-hetero) is 1. The molecule has 2 aromatic carbocycles. The molecule has 2 fully saturated rings. The zero-order valence-corrected chi connectivity index (χ0v) is 19.0. The van der Waals surface area contributed by atoms with Crippen molar-refractivity contribution in [1.82, 2.24) is 16.0 Å². The van der Waals surface area contributed by atoms with Gasteiger partial charge in [-0.25, -0.2) is 0 Å². The summed E-state index contributed by atoms with van der Waals surface area (Å²) in [6.07, 6.45) is 1.77. The predicted octanol–water partition coefficient (Wildman–Crippen LogP) is 2.00. The van der Waals surface area contributed by atoms with Crippen molar-refractivity contribution >= 4 is 23.6 Å². The minimum atomic E-state index is -1.12. The zero-order chi connectivity index (χ0) is 24.2. The van der Waals surface area contributed by atoms with Crippen molar-refractivity contribution in [2.75, 3.05) is 6.54 Å². The SMILES string of the molecule is C[C@@H](NC(=O)c1ccc(-c2ccccc2)cc1)C(=O)NC1CCC2NCC(C(=O)O)C(=O)C2C1. The number of carboxylic acids is 1. The Kier molecular flexibility index (Phi) is 7.07. The van der Waals surface area contributed by atoms with Crippen molar-refractivity contribution in [1.29, 1.82) is 0 Å². The highest BCUT2D eigenvalue weighted by molar-refractivity contribution is 6.01. The van der Waals surface area contributed by atoms with Crippen LogP contribution in [0.4, 0.5) is 0 Å². The quantitative estimate of drug-likeness (QED) is 0.486. The first-order valence-electron chi connectivity index (χ1n) is 11.6. The molecule has 4 unspecified atom stereocenters. The molecule has 0 radical (unpaired) electrons.